The highest BCUT2D eigenvalue weighted by Gasteiger charge is 2.36. The van der Waals surface area contributed by atoms with E-state index >= 15 is 0 Å². The number of amides is 2. The molecule has 1 saturated heterocycles. The number of nitrogens with one attached hydrogen (secondary N) is 1. The monoisotopic (exact) mass is 394 g/mol. The molecule has 0 saturated carbocycles. The van der Waals surface area contributed by atoms with Gasteiger partial charge in [0.25, 0.3) is 5.91 Å². The normalized spacial score (nSPS) is 15.9. The van der Waals surface area contributed by atoms with E-state index in [9.17, 15) is 19.2 Å². The first-order valence-electron chi connectivity index (χ1n) is 9.28. The molecule has 7 heteroatoms. The molecule has 0 spiro atoms. The van der Waals surface area contributed by atoms with E-state index in [0.717, 1.165) is 16.1 Å². The van der Waals surface area contributed by atoms with Gasteiger partial charge in [-0.05, 0) is 25.5 Å². The Hall–Kier alpha value is -3.48. The Morgan fingerprint density at radius 2 is 1.76 bits per heavy atom. The Balaban J connectivity index is 1.53. The summed E-state index contributed by atoms with van der Waals surface area (Å²) in [7, 11) is 0. The van der Waals surface area contributed by atoms with Gasteiger partial charge in [0.15, 0.2) is 12.4 Å². The molecule has 1 aliphatic heterocycles. The van der Waals surface area contributed by atoms with Crippen molar-refractivity contribution >= 4 is 23.6 Å². The molecule has 0 radical (unpaired) electrons. The Labute approximate surface area is 168 Å². The quantitative estimate of drug-likeness (QED) is 0.599. The molecular weight excluding hydrogens is 372 g/mol. The van der Waals surface area contributed by atoms with Gasteiger partial charge in [-0.1, -0.05) is 48.0 Å². The van der Waals surface area contributed by atoms with Gasteiger partial charge in [-0.15, -0.1) is 0 Å². The number of hydrogen-bond donors (Lipinski definition) is 1. The van der Waals surface area contributed by atoms with Gasteiger partial charge in [0.1, 0.15) is 0 Å². The van der Waals surface area contributed by atoms with Crippen molar-refractivity contribution < 1.29 is 23.9 Å². The summed E-state index contributed by atoms with van der Waals surface area (Å²) in [5.74, 6) is -2.47. The molecule has 2 amide bonds. The molecular formula is C22H22N2O5. The standard InChI is InChI=1S/C22H22N2O5/c1-14-7-9-16(10-8-14)19(25)13-29-22(28)17-11-20(26)24(12-17)23-21(27)18-6-4-3-5-15(18)2/h3-10,17H,11-13H2,1-2H3,(H,23,27)/t17-/m1/s1. The third kappa shape index (κ3) is 4.87. The van der Waals surface area contributed by atoms with Crippen molar-refractivity contribution in [1.82, 2.24) is 10.4 Å². The van der Waals surface area contributed by atoms with Gasteiger partial charge in [-0.2, -0.15) is 0 Å². The number of aryl methyl sites for hydroxylation is 2. The third-order valence-corrected chi connectivity index (χ3v) is 4.80. The van der Waals surface area contributed by atoms with Crippen LogP contribution in [0, 0.1) is 19.8 Å². The lowest BCUT2D eigenvalue weighted by atomic mass is 10.1. The predicted octanol–water partition coefficient (Wildman–Crippen LogP) is 2.22. The fourth-order valence-corrected chi connectivity index (χ4v) is 3.06. The highest BCUT2D eigenvalue weighted by molar-refractivity contribution is 5.99. The van der Waals surface area contributed by atoms with Crippen molar-refractivity contribution in [2.45, 2.75) is 20.3 Å². The van der Waals surface area contributed by atoms with Crippen molar-refractivity contribution in [2.75, 3.05) is 13.2 Å². The highest BCUT2D eigenvalue weighted by Crippen LogP contribution is 2.18. The average Bonchev–Trinajstić information content (AvgIpc) is 3.07. The van der Waals surface area contributed by atoms with Crippen molar-refractivity contribution in [1.29, 1.82) is 0 Å². The first kappa shape index (κ1) is 20.3. The van der Waals surface area contributed by atoms with Gasteiger partial charge >= 0.3 is 5.97 Å². The summed E-state index contributed by atoms with van der Waals surface area (Å²) >= 11 is 0. The maximum absolute atomic E-state index is 12.4. The van der Waals surface area contributed by atoms with Crippen LogP contribution in [0.1, 0.15) is 38.3 Å². The summed E-state index contributed by atoms with van der Waals surface area (Å²) in [6.45, 7) is 3.33. The lowest BCUT2D eigenvalue weighted by Crippen LogP contribution is -2.43. The number of hydrazine groups is 1. The number of benzene rings is 2. The van der Waals surface area contributed by atoms with Gasteiger partial charge in [0, 0.05) is 17.5 Å². The molecule has 1 fully saturated rings. The smallest absolute Gasteiger partial charge is 0.311 e. The molecule has 3 rings (SSSR count). The summed E-state index contributed by atoms with van der Waals surface area (Å²) in [6.07, 6.45) is -0.0778. The van der Waals surface area contributed by atoms with Gasteiger partial charge in [0.2, 0.25) is 5.91 Å². The Kier molecular flexibility index (Phi) is 6.07. The third-order valence-electron chi connectivity index (χ3n) is 4.80. The number of hydrogen-bond acceptors (Lipinski definition) is 5. The molecule has 1 aliphatic rings. The lowest BCUT2D eigenvalue weighted by Gasteiger charge is -2.18. The molecule has 29 heavy (non-hydrogen) atoms. The van der Waals surface area contributed by atoms with E-state index in [-0.39, 0.29) is 31.3 Å². The van der Waals surface area contributed by atoms with Crippen LogP contribution in [-0.4, -0.2) is 41.7 Å². The number of carbonyl (C=O) groups is 4. The van der Waals surface area contributed by atoms with Crippen LogP contribution in [0.4, 0.5) is 0 Å². The summed E-state index contributed by atoms with van der Waals surface area (Å²) in [4.78, 5) is 48.9. The first-order valence-corrected chi connectivity index (χ1v) is 9.28. The van der Waals surface area contributed by atoms with Crippen molar-refractivity contribution in [3.63, 3.8) is 0 Å². The zero-order chi connectivity index (χ0) is 21.0. The van der Waals surface area contributed by atoms with Crippen molar-refractivity contribution in [2.24, 2.45) is 5.92 Å². The lowest BCUT2D eigenvalue weighted by molar-refractivity contribution is -0.147. The minimum Gasteiger partial charge on any atom is -0.457 e. The summed E-state index contributed by atoms with van der Waals surface area (Å²) in [5, 5.41) is 1.13. The fraction of sp³-hybridized carbons (Fsp3) is 0.273. The van der Waals surface area contributed by atoms with E-state index in [4.69, 9.17) is 4.74 Å². The molecule has 2 aromatic rings. The SMILES string of the molecule is Cc1ccc(C(=O)COC(=O)[C@@H]2CC(=O)N(NC(=O)c3ccccc3C)C2)cc1. The highest BCUT2D eigenvalue weighted by atomic mass is 16.5. The van der Waals surface area contributed by atoms with Crippen LogP contribution in [-0.2, 0) is 14.3 Å². The zero-order valence-electron chi connectivity index (χ0n) is 16.3. The van der Waals surface area contributed by atoms with Crippen LogP contribution >= 0.6 is 0 Å². The molecule has 7 nitrogen and oxygen atoms in total. The first-order chi connectivity index (χ1) is 13.8. The zero-order valence-corrected chi connectivity index (χ0v) is 16.3. The maximum atomic E-state index is 12.4. The molecule has 2 aromatic carbocycles. The largest absolute Gasteiger partial charge is 0.457 e. The molecule has 0 bridgehead atoms. The molecule has 0 aliphatic carbocycles. The molecule has 1 atom stereocenters. The fourth-order valence-electron chi connectivity index (χ4n) is 3.06. The van der Waals surface area contributed by atoms with Gasteiger partial charge < -0.3 is 4.74 Å². The van der Waals surface area contributed by atoms with E-state index in [1.165, 1.54) is 0 Å². The van der Waals surface area contributed by atoms with Crippen LogP contribution in [0.25, 0.3) is 0 Å². The Morgan fingerprint density at radius 1 is 1.07 bits per heavy atom. The topological polar surface area (TPSA) is 92.8 Å². The van der Waals surface area contributed by atoms with Crippen LogP contribution in [0.3, 0.4) is 0 Å². The predicted molar refractivity (Wildman–Crippen MR) is 105 cm³/mol. The van der Waals surface area contributed by atoms with Gasteiger partial charge in [0.05, 0.1) is 12.5 Å². The number of Topliss-reactive ketones (excluding diaryl/α,β-unsaturated/α-hetero) is 1. The minimum absolute atomic E-state index is 0.00795. The van der Waals surface area contributed by atoms with E-state index in [1.807, 2.05) is 13.0 Å². The van der Waals surface area contributed by atoms with Gasteiger partial charge in [-0.25, -0.2) is 0 Å². The Morgan fingerprint density at radius 3 is 2.45 bits per heavy atom. The minimum atomic E-state index is -0.731. The number of carbonyl (C=O) groups excluding carboxylic acids is 4. The number of esters is 1. The van der Waals surface area contributed by atoms with Crippen LogP contribution in [0.15, 0.2) is 48.5 Å². The van der Waals surface area contributed by atoms with Gasteiger partial charge in [-0.3, -0.25) is 29.6 Å². The average molecular weight is 394 g/mol. The van der Waals surface area contributed by atoms with Crippen molar-refractivity contribution in [3.8, 4) is 0 Å². The molecule has 1 N–H and O–H groups in total. The molecule has 0 aromatic heterocycles. The van der Waals surface area contributed by atoms with E-state index < -0.39 is 17.8 Å². The number of rotatable bonds is 6. The number of nitrogens with zero attached hydrogens (tertiary/aromatic N) is 1. The van der Waals surface area contributed by atoms with Crippen LogP contribution in [0.5, 0.6) is 0 Å². The van der Waals surface area contributed by atoms with E-state index in [1.54, 1.807) is 49.4 Å². The maximum Gasteiger partial charge on any atom is 0.311 e. The second-order valence-electron chi connectivity index (χ2n) is 7.06. The second kappa shape index (κ2) is 8.68. The summed E-state index contributed by atoms with van der Waals surface area (Å²) in [6, 6.07) is 14.0. The summed E-state index contributed by atoms with van der Waals surface area (Å²) < 4.78 is 5.10. The van der Waals surface area contributed by atoms with Crippen molar-refractivity contribution in [3.05, 3.63) is 70.8 Å². The van der Waals surface area contributed by atoms with Crippen LogP contribution < -0.4 is 5.43 Å². The second-order valence-corrected chi connectivity index (χ2v) is 7.06. The summed E-state index contributed by atoms with van der Waals surface area (Å²) in [5.41, 5.74) is 5.25. The molecule has 0 unspecified atom stereocenters. The van der Waals surface area contributed by atoms with Crippen LogP contribution in [0.2, 0.25) is 0 Å². The number of ether oxygens (including phenoxy) is 1. The number of ketones is 1. The Bertz CT molecular complexity index is 952. The van der Waals surface area contributed by atoms with E-state index in [0.29, 0.717) is 11.1 Å². The molecule has 150 valence electrons. The van der Waals surface area contributed by atoms with E-state index in [2.05, 4.69) is 5.43 Å². The molecule has 1 heterocycles.